The van der Waals surface area contributed by atoms with Gasteiger partial charge in [-0.2, -0.15) is 0 Å². The van der Waals surface area contributed by atoms with Crippen molar-refractivity contribution in [2.24, 2.45) is 0 Å². The molecule has 0 aliphatic heterocycles. The van der Waals surface area contributed by atoms with E-state index in [4.69, 9.17) is 0 Å². The molecule has 26 heavy (non-hydrogen) atoms. The van der Waals surface area contributed by atoms with E-state index in [2.05, 4.69) is 58.2 Å². The Hall–Kier alpha value is -3.14. The number of aromatic nitrogens is 2. The molecule has 3 aromatic carbocycles. The second-order valence-corrected chi connectivity index (χ2v) is 6.47. The van der Waals surface area contributed by atoms with Gasteiger partial charge in [0.1, 0.15) is 5.82 Å². The Morgan fingerprint density at radius 2 is 1.77 bits per heavy atom. The maximum atomic E-state index is 13.1. The zero-order chi connectivity index (χ0) is 18.1. The van der Waals surface area contributed by atoms with Crippen molar-refractivity contribution in [3.63, 3.8) is 0 Å². The predicted molar refractivity (Wildman–Crippen MR) is 104 cm³/mol. The lowest BCUT2D eigenvalue weighted by molar-refractivity contribution is 0.626. The summed E-state index contributed by atoms with van der Waals surface area (Å²) < 4.78 is 15.2. The topological polar surface area (TPSA) is 29.9 Å². The van der Waals surface area contributed by atoms with Crippen LogP contribution in [0.5, 0.6) is 0 Å². The smallest absolute Gasteiger partial charge is 0.207 e. The minimum absolute atomic E-state index is 0.0116. The predicted octanol–water partition coefficient (Wildman–Crippen LogP) is 5.65. The summed E-state index contributed by atoms with van der Waals surface area (Å²) in [7, 11) is 0. The number of nitrogens with one attached hydrogen (secondary N) is 1. The molecule has 0 aliphatic rings. The highest BCUT2D eigenvalue weighted by atomic mass is 19.1. The average Bonchev–Trinajstić information content (AvgIpc) is 3.10. The van der Waals surface area contributed by atoms with Gasteiger partial charge in [-0.15, -0.1) is 0 Å². The normalized spacial score (nSPS) is 12.3. The molecule has 0 bridgehead atoms. The number of nitrogens with zero attached hydrogens (tertiary/aromatic N) is 2. The van der Waals surface area contributed by atoms with Gasteiger partial charge in [-0.1, -0.05) is 42.5 Å². The van der Waals surface area contributed by atoms with Crippen molar-refractivity contribution < 1.29 is 4.39 Å². The number of hydrogen-bond donors (Lipinski definition) is 1. The van der Waals surface area contributed by atoms with Gasteiger partial charge in [0.2, 0.25) is 5.95 Å². The van der Waals surface area contributed by atoms with Gasteiger partial charge < -0.3 is 5.32 Å². The molecule has 4 aromatic rings. The molecule has 3 nitrogen and oxygen atoms in total. The quantitative estimate of drug-likeness (QED) is 0.518. The van der Waals surface area contributed by atoms with Crippen LogP contribution in [0.4, 0.5) is 10.3 Å². The summed E-state index contributed by atoms with van der Waals surface area (Å²) in [5, 5.41) is 5.89. The second-order valence-electron chi connectivity index (χ2n) is 6.47. The third-order valence-electron chi connectivity index (χ3n) is 4.79. The SMILES string of the molecule is Cc1c(-n2ccnc2NC(C)c2ccc(F)cc2)ccc2ccccc12. The van der Waals surface area contributed by atoms with E-state index in [0.717, 1.165) is 17.2 Å². The van der Waals surface area contributed by atoms with Crippen LogP contribution >= 0.6 is 0 Å². The first-order chi connectivity index (χ1) is 12.6. The van der Waals surface area contributed by atoms with E-state index in [-0.39, 0.29) is 11.9 Å². The van der Waals surface area contributed by atoms with Crippen molar-refractivity contribution in [3.05, 3.63) is 90.0 Å². The fraction of sp³-hybridized carbons (Fsp3) is 0.136. The number of halogens is 1. The number of rotatable bonds is 4. The fourth-order valence-corrected chi connectivity index (χ4v) is 3.31. The van der Waals surface area contributed by atoms with Crippen LogP contribution in [0.15, 0.2) is 73.1 Å². The Kier molecular flexibility index (Phi) is 4.17. The van der Waals surface area contributed by atoms with Gasteiger partial charge in [-0.3, -0.25) is 4.57 Å². The van der Waals surface area contributed by atoms with Crippen LogP contribution in [-0.4, -0.2) is 9.55 Å². The highest BCUT2D eigenvalue weighted by Gasteiger charge is 2.13. The summed E-state index contributed by atoms with van der Waals surface area (Å²) >= 11 is 0. The monoisotopic (exact) mass is 345 g/mol. The van der Waals surface area contributed by atoms with E-state index in [1.165, 1.54) is 28.5 Å². The van der Waals surface area contributed by atoms with Crippen LogP contribution < -0.4 is 5.32 Å². The molecule has 1 aromatic heterocycles. The minimum atomic E-state index is -0.228. The molecular weight excluding hydrogens is 325 g/mol. The van der Waals surface area contributed by atoms with Gasteiger partial charge in [-0.05, 0) is 53.9 Å². The third-order valence-corrected chi connectivity index (χ3v) is 4.79. The second kappa shape index (κ2) is 6.64. The van der Waals surface area contributed by atoms with E-state index < -0.39 is 0 Å². The molecule has 0 saturated carbocycles. The molecule has 0 amide bonds. The van der Waals surface area contributed by atoms with Crippen LogP contribution in [0.3, 0.4) is 0 Å². The molecule has 4 heteroatoms. The molecular formula is C22H20FN3. The van der Waals surface area contributed by atoms with Gasteiger partial charge in [0.25, 0.3) is 0 Å². The summed E-state index contributed by atoms with van der Waals surface area (Å²) in [6.07, 6.45) is 3.74. The van der Waals surface area contributed by atoms with Crippen molar-refractivity contribution in [2.45, 2.75) is 19.9 Å². The Balaban J connectivity index is 1.69. The minimum Gasteiger partial charge on any atom is -0.349 e. The van der Waals surface area contributed by atoms with E-state index >= 15 is 0 Å². The zero-order valence-corrected chi connectivity index (χ0v) is 14.8. The van der Waals surface area contributed by atoms with Crippen LogP contribution in [0.1, 0.15) is 24.1 Å². The Morgan fingerprint density at radius 3 is 2.58 bits per heavy atom. The summed E-state index contributed by atoms with van der Waals surface area (Å²) in [4.78, 5) is 4.47. The molecule has 1 heterocycles. The van der Waals surface area contributed by atoms with Crippen LogP contribution in [-0.2, 0) is 0 Å². The van der Waals surface area contributed by atoms with Crippen molar-refractivity contribution in [1.82, 2.24) is 9.55 Å². The van der Waals surface area contributed by atoms with Crippen molar-refractivity contribution >= 4 is 16.7 Å². The molecule has 1 unspecified atom stereocenters. The van der Waals surface area contributed by atoms with E-state index in [1.807, 2.05) is 13.1 Å². The largest absolute Gasteiger partial charge is 0.349 e. The highest BCUT2D eigenvalue weighted by Crippen LogP contribution is 2.27. The number of hydrogen-bond acceptors (Lipinski definition) is 2. The van der Waals surface area contributed by atoms with E-state index in [0.29, 0.717) is 0 Å². The first-order valence-electron chi connectivity index (χ1n) is 8.67. The van der Waals surface area contributed by atoms with E-state index in [1.54, 1.807) is 18.3 Å². The van der Waals surface area contributed by atoms with Crippen molar-refractivity contribution in [3.8, 4) is 5.69 Å². The maximum absolute atomic E-state index is 13.1. The van der Waals surface area contributed by atoms with Crippen LogP contribution in [0.25, 0.3) is 16.5 Å². The van der Waals surface area contributed by atoms with Gasteiger partial charge in [0.15, 0.2) is 0 Å². The number of imidazole rings is 1. The number of anilines is 1. The number of benzene rings is 3. The first kappa shape index (κ1) is 16.3. The fourth-order valence-electron chi connectivity index (χ4n) is 3.31. The van der Waals surface area contributed by atoms with Gasteiger partial charge in [0, 0.05) is 12.4 Å². The molecule has 0 spiro atoms. The molecule has 1 atom stereocenters. The van der Waals surface area contributed by atoms with Crippen LogP contribution in [0, 0.1) is 12.7 Å². The lowest BCUT2D eigenvalue weighted by Crippen LogP contribution is -2.11. The number of fused-ring (bicyclic) bond motifs is 1. The summed E-state index contributed by atoms with van der Waals surface area (Å²) in [6, 6.07) is 19.2. The lowest BCUT2D eigenvalue weighted by atomic mass is 10.0. The first-order valence-corrected chi connectivity index (χ1v) is 8.67. The molecule has 0 saturated heterocycles. The van der Waals surface area contributed by atoms with Gasteiger partial charge in [-0.25, -0.2) is 9.37 Å². The van der Waals surface area contributed by atoms with Gasteiger partial charge >= 0.3 is 0 Å². The molecule has 1 N–H and O–H groups in total. The lowest BCUT2D eigenvalue weighted by Gasteiger charge is -2.18. The number of aryl methyl sites for hydroxylation is 1. The summed E-state index contributed by atoms with van der Waals surface area (Å²) in [5.41, 5.74) is 3.31. The molecule has 0 radical (unpaired) electrons. The van der Waals surface area contributed by atoms with E-state index in [9.17, 15) is 4.39 Å². The molecule has 0 aliphatic carbocycles. The Labute approximate surface area is 152 Å². The van der Waals surface area contributed by atoms with Crippen LogP contribution in [0.2, 0.25) is 0 Å². The average molecular weight is 345 g/mol. The molecule has 4 rings (SSSR count). The maximum Gasteiger partial charge on any atom is 0.207 e. The molecule has 0 fully saturated rings. The third kappa shape index (κ3) is 2.94. The standard InChI is InChI=1S/C22H20FN3/c1-15-20-6-4-3-5-18(20)9-12-21(15)26-14-13-24-22(26)25-16(2)17-7-10-19(23)11-8-17/h3-14,16H,1-2H3,(H,24,25). The van der Waals surface area contributed by atoms with Crippen molar-refractivity contribution in [2.75, 3.05) is 5.32 Å². The Bertz CT molecular complexity index is 1050. The Morgan fingerprint density at radius 1 is 1.00 bits per heavy atom. The van der Waals surface area contributed by atoms with Gasteiger partial charge in [0.05, 0.1) is 11.7 Å². The highest BCUT2D eigenvalue weighted by molar-refractivity contribution is 5.88. The molecule has 130 valence electrons. The van der Waals surface area contributed by atoms with Crippen molar-refractivity contribution in [1.29, 1.82) is 0 Å². The summed E-state index contributed by atoms with van der Waals surface area (Å²) in [5.74, 6) is 0.537. The summed E-state index contributed by atoms with van der Waals surface area (Å²) in [6.45, 7) is 4.17. The zero-order valence-electron chi connectivity index (χ0n) is 14.8.